The second kappa shape index (κ2) is 3.86. The van der Waals surface area contributed by atoms with Crippen molar-refractivity contribution in [2.45, 2.75) is 39.5 Å². The number of aliphatic carboxylic acids is 1. The molecule has 2 atom stereocenters. The molecular formula is C15H20O2. The zero-order chi connectivity index (χ0) is 12.8. The van der Waals surface area contributed by atoms with Gasteiger partial charge in [0.1, 0.15) is 0 Å². The molecule has 17 heavy (non-hydrogen) atoms. The maximum atomic E-state index is 11.1. The van der Waals surface area contributed by atoms with Crippen molar-refractivity contribution >= 4 is 5.97 Å². The van der Waals surface area contributed by atoms with Crippen LogP contribution in [-0.2, 0) is 4.79 Å². The highest BCUT2D eigenvalue weighted by molar-refractivity contribution is 5.77. The monoisotopic (exact) mass is 232 g/mol. The van der Waals surface area contributed by atoms with E-state index >= 15 is 0 Å². The lowest BCUT2D eigenvalue weighted by molar-refractivity contribution is -0.139. The first-order valence-electron chi connectivity index (χ1n) is 6.18. The van der Waals surface area contributed by atoms with Crippen LogP contribution in [0.15, 0.2) is 24.3 Å². The molecule has 1 aliphatic carbocycles. The minimum Gasteiger partial charge on any atom is -0.481 e. The van der Waals surface area contributed by atoms with E-state index in [4.69, 9.17) is 5.11 Å². The van der Waals surface area contributed by atoms with Crippen molar-refractivity contribution in [2.75, 3.05) is 0 Å². The summed E-state index contributed by atoms with van der Waals surface area (Å²) in [5.74, 6) is -0.215. The number of carboxylic acids is 1. The van der Waals surface area contributed by atoms with Crippen LogP contribution >= 0.6 is 0 Å². The number of carbonyl (C=O) groups is 1. The summed E-state index contributed by atoms with van der Waals surface area (Å²) in [7, 11) is 0. The smallest absolute Gasteiger partial charge is 0.307 e. The van der Waals surface area contributed by atoms with Crippen LogP contribution in [-0.4, -0.2) is 11.1 Å². The molecule has 0 saturated heterocycles. The topological polar surface area (TPSA) is 37.3 Å². The molecule has 1 fully saturated rings. The van der Waals surface area contributed by atoms with Crippen LogP contribution in [0.3, 0.4) is 0 Å². The molecule has 0 aliphatic heterocycles. The van der Waals surface area contributed by atoms with Gasteiger partial charge in [-0.3, -0.25) is 4.79 Å². The van der Waals surface area contributed by atoms with Crippen molar-refractivity contribution in [2.24, 2.45) is 11.3 Å². The Labute approximate surface area is 103 Å². The summed E-state index contributed by atoms with van der Waals surface area (Å²) < 4.78 is 0. The normalized spacial score (nSPS) is 25.9. The lowest BCUT2D eigenvalue weighted by Gasteiger charge is -2.07. The first-order valence-corrected chi connectivity index (χ1v) is 6.18. The van der Waals surface area contributed by atoms with Gasteiger partial charge in [0.2, 0.25) is 0 Å². The lowest BCUT2D eigenvalue weighted by Crippen LogP contribution is -2.03. The highest BCUT2D eigenvalue weighted by Gasteiger charge is 2.62. The molecule has 1 N–H and O–H groups in total. The van der Waals surface area contributed by atoms with Crippen LogP contribution in [0.25, 0.3) is 0 Å². The first-order chi connectivity index (χ1) is 7.85. The van der Waals surface area contributed by atoms with E-state index < -0.39 is 5.97 Å². The second-order valence-electron chi connectivity index (χ2n) is 5.94. The van der Waals surface area contributed by atoms with E-state index in [2.05, 4.69) is 38.1 Å². The fourth-order valence-corrected chi connectivity index (χ4v) is 2.81. The van der Waals surface area contributed by atoms with E-state index in [-0.39, 0.29) is 17.3 Å². The summed E-state index contributed by atoms with van der Waals surface area (Å²) in [6, 6.07) is 8.41. The van der Waals surface area contributed by atoms with Gasteiger partial charge in [-0.15, -0.1) is 0 Å². The van der Waals surface area contributed by atoms with Crippen molar-refractivity contribution in [1.29, 1.82) is 0 Å². The number of rotatable bonds is 3. The van der Waals surface area contributed by atoms with E-state index in [0.29, 0.717) is 5.92 Å². The minimum atomic E-state index is -0.673. The summed E-state index contributed by atoms with van der Waals surface area (Å²) in [6.07, 6.45) is 0. The molecule has 2 unspecified atom stereocenters. The Balaban J connectivity index is 2.23. The van der Waals surface area contributed by atoms with Crippen LogP contribution in [0.1, 0.15) is 50.7 Å². The summed E-state index contributed by atoms with van der Waals surface area (Å²) in [6.45, 7) is 8.39. The molecule has 2 nitrogen and oxygen atoms in total. The van der Waals surface area contributed by atoms with Crippen molar-refractivity contribution in [3.8, 4) is 0 Å². The molecule has 2 rings (SSSR count). The van der Waals surface area contributed by atoms with Gasteiger partial charge in [-0.2, -0.15) is 0 Å². The van der Waals surface area contributed by atoms with Crippen LogP contribution in [0.4, 0.5) is 0 Å². The van der Waals surface area contributed by atoms with E-state index in [1.807, 2.05) is 13.8 Å². The summed E-state index contributed by atoms with van der Waals surface area (Å²) in [5, 5.41) is 9.16. The maximum absolute atomic E-state index is 11.1. The zero-order valence-corrected chi connectivity index (χ0v) is 10.9. The molecule has 0 aromatic heterocycles. The third-order valence-corrected chi connectivity index (χ3v) is 4.06. The third kappa shape index (κ3) is 1.97. The van der Waals surface area contributed by atoms with E-state index in [0.717, 1.165) is 5.56 Å². The molecule has 1 aliphatic rings. The second-order valence-corrected chi connectivity index (χ2v) is 5.94. The minimum absolute atomic E-state index is 0.106. The fraction of sp³-hybridized carbons (Fsp3) is 0.533. The van der Waals surface area contributed by atoms with Crippen LogP contribution in [0.2, 0.25) is 0 Å². The van der Waals surface area contributed by atoms with Crippen molar-refractivity contribution in [3.05, 3.63) is 35.4 Å². The van der Waals surface area contributed by atoms with Crippen LogP contribution in [0, 0.1) is 11.3 Å². The average Bonchev–Trinajstić information content (AvgIpc) is 2.82. The van der Waals surface area contributed by atoms with E-state index in [9.17, 15) is 4.79 Å². The molecule has 0 radical (unpaired) electrons. The van der Waals surface area contributed by atoms with Crippen LogP contribution < -0.4 is 0 Å². The summed E-state index contributed by atoms with van der Waals surface area (Å²) in [5.41, 5.74) is 2.36. The SMILES string of the molecule is CC(C)c1ccc(C2C(C(=O)O)C2(C)C)cc1. The van der Waals surface area contributed by atoms with Gasteiger partial charge in [-0.1, -0.05) is 52.0 Å². The van der Waals surface area contributed by atoms with Gasteiger partial charge in [-0.25, -0.2) is 0 Å². The molecule has 2 heteroatoms. The fourth-order valence-electron chi connectivity index (χ4n) is 2.81. The molecule has 0 bridgehead atoms. The molecule has 1 aromatic carbocycles. The standard InChI is InChI=1S/C15H20O2/c1-9(2)10-5-7-11(8-6-10)12-13(14(16)17)15(12,3)4/h5-9,12-13H,1-4H3,(H,16,17). The van der Waals surface area contributed by atoms with E-state index in [1.54, 1.807) is 0 Å². The Morgan fingerprint density at radius 1 is 1.24 bits per heavy atom. The van der Waals surface area contributed by atoms with Gasteiger partial charge in [0.15, 0.2) is 0 Å². The summed E-state index contributed by atoms with van der Waals surface area (Å²) in [4.78, 5) is 11.1. The van der Waals surface area contributed by atoms with Gasteiger partial charge in [0, 0.05) is 5.92 Å². The number of hydrogen-bond donors (Lipinski definition) is 1. The molecule has 1 aromatic rings. The van der Waals surface area contributed by atoms with E-state index in [1.165, 1.54) is 5.56 Å². The van der Waals surface area contributed by atoms with Gasteiger partial charge in [-0.05, 0) is 22.5 Å². The Kier molecular flexibility index (Phi) is 2.76. The highest BCUT2D eigenvalue weighted by Crippen LogP contribution is 2.64. The largest absolute Gasteiger partial charge is 0.481 e. The Morgan fingerprint density at radius 2 is 1.76 bits per heavy atom. The Bertz CT molecular complexity index is 429. The first kappa shape index (κ1) is 12.2. The molecule has 0 amide bonds. The summed E-state index contributed by atoms with van der Waals surface area (Å²) >= 11 is 0. The molecule has 92 valence electrons. The predicted octanol–water partition coefficient (Wildman–Crippen LogP) is 3.63. The van der Waals surface area contributed by atoms with Gasteiger partial charge in [0.25, 0.3) is 0 Å². The molecule has 0 heterocycles. The quantitative estimate of drug-likeness (QED) is 0.864. The Hall–Kier alpha value is -1.31. The van der Waals surface area contributed by atoms with Gasteiger partial charge in [0.05, 0.1) is 5.92 Å². The van der Waals surface area contributed by atoms with Crippen molar-refractivity contribution in [3.63, 3.8) is 0 Å². The predicted molar refractivity (Wildman–Crippen MR) is 68.2 cm³/mol. The lowest BCUT2D eigenvalue weighted by atomic mass is 9.98. The highest BCUT2D eigenvalue weighted by atomic mass is 16.4. The maximum Gasteiger partial charge on any atom is 0.307 e. The van der Waals surface area contributed by atoms with Crippen molar-refractivity contribution in [1.82, 2.24) is 0 Å². The number of carboxylic acid groups (broad SMARTS) is 1. The zero-order valence-electron chi connectivity index (χ0n) is 10.9. The number of benzene rings is 1. The van der Waals surface area contributed by atoms with Crippen molar-refractivity contribution < 1.29 is 9.90 Å². The third-order valence-electron chi connectivity index (χ3n) is 4.06. The average molecular weight is 232 g/mol. The number of hydrogen-bond acceptors (Lipinski definition) is 1. The van der Waals surface area contributed by atoms with Gasteiger partial charge >= 0.3 is 5.97 Å². The molecular weight excluding hydrogens is 212 g/mol. The molecule has 0 spiro atoms. The molecule has 1 saturated carbocycles. The van der Waals surface area contributed by atoms with Gasteiger partial charge < -0.3 is 5.11 Å². The Morgan fingerprint density at radius 3 is 2.12 bits per heavy atom. The van der Waals surface area contributed by atoms with Crippen LogP contribution in [0.5, 0.6) is 0 Å².